The molecule has 0 spiro atoms. The molecule has 1 rings (SSSR count). The third kappa shape index (κ3) is 6.24. The minimum Gasteiger partial charge on any atom is -0.310 e. The number of rotatable bonds is 9. The van der Waals surface area contributed by atoms with E-state index in [1.54, 1.807) is 0 Å². The summed E-state index contributed by atoms with van der Waals surface area (Å²) in [6.45, 7) is 10.2. The number of unbranched alkanes of at least 4 members (excludes halogenated alkanes) is 1. The first-order valence-corrected chi connectivity index (χ1v) is 7.99. The molecule has 0 amide bonds. The summed E-state index contributed by atoms with van der Waals surface area (Å²) >= 11 is 0. The Bertz CT molecular complexity index is 326. The van der Waals surface area contributed by atoms with Crippen LogP contribution in [-0.4, -0.2) is 6.54 Å². The average molecular weight is 261 g/mol. The number of benzene rings is 1. The molecule has 0 saturated carbocycles. The molecule has 1 unspecified atom stereocenters. The summed E-state index contributed by atoms with van der Waals surface area (Å²) in [6, 6.07) is 9.78. The van der Waals surface area contributed by atoms with E-state index in [9.17, 15) is 0 Å². The van der Waals surface area contributed by atoms with Gasteiger partial charge in [0.15, 0.2) is 0 Å². The van der Waals surface area contributed by atoms with Crippen LogP contribution in [0.2, 0.25) is 0 Å². The lowest BCUT2D eigenvalue weighted by Gasteiger charge is -2.21. The van der Waals surface area contributed by atoms with Gasteiger partial charge in [-0.3, -0.25) is 0 Å². The van der Waals surface area contributed by atoms with E-state index in [0.29, 0.717) is 6.04 Å². The maximum Gasteiger partial charge on any atom is 0.0322 e. The van der Waals surface area contributed by atoms with Crippen LogP contribution in [0.25, 0.3) is 0 Å². The standard InChI is InChI=1S/C18H31N/c1-5-7-8-16-9-11-17(12-10-16)18(14-15(3)4)19-13-6-2/h9-12,15,18-19H,5-8,13-14H2,1-4H3. The van der Waals surface area contributed by atoms with E-state index in [0.717, 1.165) is 12.5 Å². The van der Waals surface area contributed by atoms with Gasteiger partial charge in [0, 0.05) is 6.04 Å². The lowest BCUT2D eigenvalue weighted by atomic mass is 9.95. The predicted octanol–water partition coefficient (Wildman–Crippen LogP) is 5.12. The van der Waals surface area contributed by atoms with E-state index in [1.807, 2.05) is 0 Å². The molecule has 1 heteroatoms. The maximum absolute atomic E-state index is 3.68. The predicted molar refractivity (Wildman–Crippen MR) is 85.5 cm³/mol. The monoisotopic (exact) mass is 261 g/mol. The molecule has 0 bridgehead atoms. The molecule has 0 aliphatic heterocycles. The molecule has 108 valence electrons. The van der Waals surface area contributed by atoms with Gasteiger partial charge in [-0.1, -0.05) is 58.4 Å². The maximum atomic E-state index is 3.68. The number of hydrogen-bond donors (Lipinski definition) is 1. The van der Waals surface area contributed by atoms with E-state index < -0.39 is 0 Å². The highest BCUT2D eigenvalue weighted by atomic mass is 14.9. The van der Waals surface area contributed by atoms with Gasteiger partial charge < -0.3 is 5.32 Å². The normalized spacial score (nSPS) is 12.9. The summed E-state index contributed by atoms with van der Waals surface area (Å²) in [5.74, 6) is 0.731. The molecule has 1 aromatic carbocycles. The molecular formula is C18H31N. The van der Waals surface area contributed by atoms with Gasteiger partial charge in [0.25, 0.3) is 0 Å². The van der Waals surface area contributed by atoms with Crippen LogP contribution in [0.15, 0.2) is 24.3 Å². The van der Waals surface area contributed by atoms with Crippen LogP contribution in [0.5, 0.6) is 0 Å². The smallest absolute Gasteiger partial charge is 0.0322 e. The molecule has 0 fully saturated rings. The van der Waals surface area contributed by atoms with Crippen LogP contribution in [0.1, 0.15) is 70.5 Å². The molecule has 0 heterocycles. The van der Waals surface area contributed by atoms with Crippen molar-refractivity contribution in [3.05, 3.63) is 35.4 Å². The van der Waals surface area contributed by atoms with E-state index in [-0.39, 0.29) is 0 Å². The SMILES string of the molecule is CCCCc1ccc(C(CC(C)C)NCCC)cc1. The van der Waals surface area contributed by atoms with Gasteiger partial charge in [0.05, 0.1) is 0 Å². The third-order valence-electron chi connectivity index (χ3n) is 3.55. The lowest BCUT2D eigenvalue weighted by Crippen LogP contribution is -2.23. The molecule has 0 saturated heterocycles. The Morgan fingerprint density at radius 1 is 1.00 bits per heavy atom. The fraction of sp³-hybridized carbons (Fsp3) is 0.667. The van der Waals surface area contributed by atoms with Gasteiger partial charge in [-0.25, -0.2) is 0 Å². The average Bonchev–Trinajstić information content (AvgIpc) is 2.41. The topological polar surface area (TPSA) is 12.0 Å². The summed E-state index contributed by atoms with van der Waals surface area (Å²) in [6.07, 6.45) is 6.20. The molecule has 19 heavy (non-hydrogen) atoms. The van der Waals surface area contributed by atoms with Crippen molar-refractivity contribution in [1.82, 2.24) is 5.32 Å². The second-order valence-corrected chi connectivity index (χ2v) is 5.98. The van der Waals surface area contributed by atoms with Crippen LogP contribution in [-0.2, 0) is 6.42 Å². The van der Waals surface area contributed by atoms with Gasteiger partial charge in [0.2, 0.25) is 0 Å². The van der Waals surface area contributed by atoms with Crippen LogP contribution in [0, 0.1) is 5.92 Å². The van der Waals surface area contributed by atoms with Crippen LogP contribution in [0.3, 0.4) is 0 Å². The van der Waals surface area contributed by atoms with Crippen molar-refractivity contribution in [2.75, 3.05) is 6.54 Å². The zero-order valence-corrected chi connectivity index (χ0v) is 13.2. The third-order valence-corrected chi connectivity index (χ3v) is 3.55. The highest BCUT2D eigenvalue weighted by Gasteiger charge is 2.12. The van der Waals surface area contributed by atoms with Crippen LogP contribution >= 0.6 is 0 Å². The Hall–Kier alpha value is -0.820. The fourth-order valence-electron chi connectivity index (χ4n) is 2.42. The molecule has 1 N–H and O–H groups in total. The van der Waals surface area contributed by atoms with Gasteiger partial charge in [-0.05, 0) is 49.3 Å². The minimum absolute atomic E-state index is 0.514. The van der Waals surface area contributed by atoms with Crippen molar-refractivity contribution < 1.29 is 0 Å². The fourth-order valence-corrected chi connectivity index (χ4v) is 2.42. The van der Waals surface area contributed by atoms with E-state index in [1.165, 1.54) is 43.2 Å². The molecule has 0 aromatic heterocycles. The number of hydrogen-bond acceptors (Lipinski definition) is 1. The number of nitrogens with one attached hydrogen (secondary N) is 1. The minimum atomic E-state index is 0.514. The van der Waals surface area contributed by atoms with Crippen molar-refractivity contribution in [3.63, 3.8) is 0 Å². The first-order valence-electron chi connectivity index (χ1n) is 7.99. The Labute approximate surface area is 119 Å². The van der Waals surface area contributed by atoms with E-state index >= 15 is 0 Å². The first kappa shape index (κ1) is 16.2. The second-order valence-electron chi connectivity index (χ2n) is 5.98. The Kier molecular flexibility index (Phi) is 7.81. The van der Waals surface area contributed by atoms with Crippen molar-refractivity contribution >= 4 is 0 Å². The first-order chi connectivity index (χ1) is 9.17. The van der Waals surface area contributed by atoms with Gasteiger partial charge in [0.1, 0.15) is 0 Å². The summed E-state index contributed by atoms with van der Waals surface area (Å²) in [4.78, 5) is 0. The van der Waals surface area contributed by atoms with Crippen molar-refractivity contribution in [3.8, 4) is 0 Å². The van der Waals surface area contributed by atoms with E-state index in [2.05, 4.69) is 57.3 Å². The Morgan fingerprint density at radius 3 is 2.21 bits per heavy atom. The highest BCUT2D eigenvalue weighted by Crippen LogP contribution is 2.22. The van der Waals surface area contributed by atoms with Gasteiger partial charge >= 0.3 is 0 Å². The van der Waals surface area contributed by atoms with Crippen molar-refractivity contribution in [1.29, 1.82) is 0 Å². The largest absolute Gasteiger partial charge is 0.310 e. The van der Waals surface area contributed by atoms with Crippen LogP contribution < -0.4 is 5.32 Å². The van der Waals surface area contributed by atoms with Crippen molar-refractivity contribution in [2.24, 2.45) is 5.92 Å². The van der Waals surface area contributed by atoms with Gasteiger partial charge in [-0.15, -0.1) is 0 Å². The summed E-state index contributed by atoms with van der Waals surface area (Å²) in [7, 11) is 0. The molecular weight excluding hydrogens is 230 g/mol. The molecule has 0 radical (unpaired) electrons. The molecule has 0 aliphatic rings. The van der Waals surface area contributed by atoms with E-state index in [4.69, 9.17) is 0 Å². The molecule has 1 nitrogen and oxygen atoms in total. The van der Waals surface area contributed by atoms with Gasteiger partial charge in [-0.2, -0.15) is 0 Å². The molecule has 1 atom stereocenters. The number of aryl methyl sites for hydroxylation is 1. The molecule has 0 aliphatic carbocycles. The summed E-state index contributed by atoms with van der Waals surface area (Å²) in [5.41, 5.74) is 2.92. The quantitative estimate of drug-likeness (QED) is 0.651. The lowest BCUT2D eigenvalue weighted by molar-refractivity contribution is 0.430. The highest BCUT2D eigenvalue weighted by molar-refractivity contribution is 5.25. The van der Waals surface area contributed by atoms with Crippen LogP contribution in [0.4, 0.5) is 0 Å². The Balaban J connectivity index is 2.66. The Morgan fingerprint density at radius 2 is 1.68 bits per heavy atom. The van der Waals surface area contributed by atoms with Crippen molar-refractivity contribution in [2.45, 2.75) is 65.8 Å². The zero-order chi connectivity index (χ0) is 14.1. The summed E-state index contributed by atoms with van der Waals surface area (Å²) in [5, 5.41) is 3.68. The zero-order valence-electron chi connectivity index (χ0n) is 13.2. The summed E-state index contributed by atoms with van der Waals surface area (Å²) < 4.78 is 0. The second kappa shape index (κ2) is 9.14. The molecule has 1 aromatic rings.